The lowest BCUT2D eigenvalue weighted by molar-refractivity contribution is 1.03. The molecular formula is C12H12N2. The van der Waals surface area contributed by atoms with Gasteiger partial charge in [0.1, 0.15) is 0 Å². The molecule has 0 aliphatic carbocycles. The SMILES string of the molecule is C1=CN=CNC(Cc2ccccc2)=C1. The minimum absolute atomic E-state index is 0.914. The third kappa shape index (κ3) is 2.33. The van der Waals surface area contributed by atoms with Crippen LogP contribution < -0.4 is 5.32 Å². The van der Waals surface area contributed by atoms with Gasteiger partial charge < -0.3 is 5.32 Å². The summed E-state index contributed by atoms with van der Waals surface area (Å²) in [4.78, 5) is 3.99. The molecule has 0 spiro atoms. The number of rotatable bonds is 2. The first-order valence-corrected chi connectivity index (χ1v) is 4.63. The van der Waals surface area contributed by atoms with Crippen LogP contribution in [0.25, 0.3) is 0 Å². The maximum atomic E-state index is 3.99. The van der Waals surface area contributed by atoms with Crippen molar-refractivity contribution in [2.75, 3.05) is 0 Å². The summed E-state index contributed by atoms with van der Waals surface area (Å²) in [6, 6.07) is 10.4. The molecule has 0 radical (unpaired) electrons. The summed E-state index contributed by atoms with van der Waals surface area (Å²) in [5.41, 5.74) is 2.46. The molecule has 1 aliphatic heterocycles. The average Bonchev–Trinajstić information content (AvgIpc) is 2.48. The van der Waals surface area contributed by atoms with E-state index in [2.05, 4.69) is 34.6 Å². The van der Waals surface area contributed by atoms with Gasteiger partial charge in [0.05, 0.1) is 6.34 Å². The summed E-state index contributed by atoms with van der Waals surface area (Å²) in [6.45, 7) is 0. The van der Waals surface area contributed by atoms with Gasteiger partial charge in [0.2, 0.25) is 0 Å². The summed E-state index contributed by atoms with van der Waals surface area (Å²) >= 11 is 0. The molecule has 2 nitrogen and oxygen atoms in total. The molecule has 70 valence electrons. The highest BCUT2D eigenvalue weighted by Crippen LogP contribution is 2.06. The van der Waals surface area contributed by atoms with Crippen molar-refractivity contribution in [2.45, 2.75) is 6.42 Å². The highest BCUT2D eigenvalue weighted by Gasteiger charge is 1.97. The fraction of sp³-hybridized carbons (Fsp3) is 0.0833. The van der Waals surface area contributed by atoms with Crippen molar-refractivity contribution in [3.05, 3.63) is 59.9 Å². The van der Waals surface area contributed by atoms with Gasteiger partial charge in [-0.15, -0.1) is 0 Å². The number of hydrogen-bond acceptors (Lipinski definition) is 2. The molecule has 1 aromatic rings. The molecule has 1 N–H and O–H groups in total. The Morgan fingerprint density at radius 2 is 2.00 bits per heavy atom. The molecule has 0 fully saturated rings. The van der Waals surface area contributed by atoms with E-state index in [9.17, 15) is 0 Å². The van der Waals surface area contributed by atoms with Gasteiger partial charge in [0.15, 0.2) is 0 Å². The number of aliphatic imine (C=N–C) groups is 1. The standard InChI is InChI=1S/C12H12N2/c1-2-5-11(6-3-1)9-12-7-4-8-13-10-14-12/h1-8,10H,9H2,(H,13,14). The van der Waals surface area contributed by atoms with E-state index in [-0.39, 0.29) is 0 Å². The zero-order valence-electron chi connectivity index (χ0n) is 7.85. The molecule has 1 heterocycles. The molecule has 1 aromatic carbocycles. The second kappa shape index (κ2) is 4.42. The number of hydrogen-bond donors (Lipinski definition) is 1. The number of nitrogens with zero attached hydrogens (tertiary/aromatic N) is 1. The van der Waals surface area contributed by atoms with Gasteiger partial charge in [-0.1, -0.05) is 30.3 Å². The van der Waals surface area contributed by atoms with Crippen molar-refractivity contribution in [1.82, 2.24) is 5.32 Å². The quantitative estimate of drug-likeness (QED) is 0.749. The third-order valence-corrected chi connectivity index (χ3v) is 2.03. The van der Waals surface area contributed by atoms with Gasteiger partial charge >= 0.3 is 0 Å². The lowest BCUT2D eigenvalue weighted by atomic mass is 10.1. The Balaban J connectivity index is 2.08. The van der Waals surface area contributed by atoms with E-state index in [1.54, 1.807) is 12.5 Å². The van der Waals surface area contributed by atoms with Crippen molar-refractivity contribution in [3.63, 3.8) is 0 Å². The van der Waals surface area contributed by atoms with Crippen LogP contribution in [0.3, 0.4) is 0 Å². The number of benzene rings is 1. The normalized spacial score (nSPS) is 14.4. The summed E-state index contributed by atoms with van der Waals surface area (Å²) < 4.78 is 0. The molecule has 0 saturated heterocycles. The third-order valence-electron chi connectivity index (χ3n) is 2.03. The van der Waals surface area contributed by atoms with Crippen molar-refractivity contribution in [3.8, 4) is 0 Å². The van der Waals surface area contributed by atoms with E-state index in [1.165, 1.54) is 5.56 Å². The van der Waals surface area contributed by atoms with Crippen molar-refractivity contribution in [2.24, 2.45) is 4.99 Å². The number of allylic oxidation sites excluding steroid dienone is 3. The van der Waals surface area contributed by atoms with E-state index < -0.39 is 0 Å². The van der Waals surface area contributed by atoms with Crippen LogP contribution in [-0.4, -0.2) is 6.34 Å². The van der Waals surface area contributed by atoms with Crippen molar-refractivity contribution >= 4 is 6.34 Å². The fourth-order valence-electron chi connectivity index (χ4n) is 1.35. The van der Waals surface area contributed by atoms with Crippen molar-refractivity contribution < 1.29 is 0 Å². The molecule has 1 aliphatic rings. The molecule has 0 aromatic heterocycles. The van der Waals surface area contributed by atoms with E-state index >= 15 is 0 Å². The van der Waals surface area contributed by atoms with Crippen LogP contribution in [0.15, 0.2) is 59.4 Å². The van der Waals surface area contributed by atoms with Crippen LogP contribution in [0.1, 0.15) is 5.56 Å². The maximum Gasteiger partial charge on any atom is 0.0920 e. The Morgan fingerprint density at radius 3 is 2.86 bits per heavy atom. The minimum Gasteiger partial charge on any atom is -0.350 e. The van der Waals surface area contributed by atoms with Crippen LogP contribution in [0.5, 0.6) is 0 Å². The molecule has 2 heteroatoms. The smallest absolute Gasteiger partial charge is 0.0920 e. The van der Waals surface area contributed by atoms with Gasteiger partial charge in [-0.2, -0.15) is 0 Å². The Hall–Kier alpha value is -1.83. The molecule has 2 rings (SSSR count). The van der Waals surface area contributed by atoms with Crippen LogP contribution in [0, 0.1) is 0 Å². The first kappa shape index (κ1) is 8.75. The van der Waals surface area contributed by atoms with Crippen LogP contribution in [-0.2, 0) is 6.42 Å². The topological polar surface area (TPSA) is 24.4 Å². The van der Waals surface area contributed by atoms with Crippen molar-refractivity contribution in [1.29, 1.82) is 0 Å². The van der Waals surface area contributed by atoms with Crippen LogP contribution in [0.2, 0.25) is 0 Å². The molecule has 0 saturated carbocycles. The molecule has 14 heavy (non-hydrogen) atoms. The highest BCUT2D eigenvalue weighted by atomic mass is 14.9. The lowest BCUT2D eigenvalue weighted by Crippen LogP contribution is -2.11. The molecule has 0 bridgehead atoms. The largest absolute Gasteiger partial charge is 0.350 e. The second-order valence-corrected chi connectivity index (χ2v) is 3.12. The summed E-state index contributed by atoms with van der Waals surface area (Å²) in [5.74, 6) is 0. The van der Waals surface area contributed by atoms with Crippen LogP contribution >= 0.6 is 0 Å². The first-order chi connectivity index (χ1) is 6.95. The van der Waals surface area contributed by atoms with E-state index in [0.717, 1.165) is 12.1 Å². The zero-order chi connectivity index (χ0) is 9.64. The maximum absolute atomic E-state index is 3.99. The van der Waals surface area contributed by atoms with Gasteiger partial charge in [0.25, 0.3) is 0 Å². The summed E-state index contributed by atoms with van der Waals surface area (Å²) in [5, 5.41) is 3.14. The predicted molar refractivity (Wildman–Crippen MR) is 59.0 cm³/mol. The second-order valence-electron chi connectivity index (χ2n) is 3.12. The van der Waals surface area contributed by atoms with Gasteiger partial charge in [0, 0.05) is 18.3 Å². The molecule has 0 atom stereocenters. The Kier molecular flexibility index (Phi) is 2.76. The Morgan fingerprint density at radius 1 is 1.14 bits per heavy atom. The minimum atomic E-state index is 0.914. The molecule has 0 amide bonds. The monoisotopic (exact) mass is 184 g/mol. The number of nitrogens with one attached hydrogen (secondary N) is 1. The summed E-state index contributed by atoms with van der Waals surface area (Å²) in [7, 11) is 0. The van der Waals surface area contributed by atoms with Gasteiger partial charge in [-0.05, 0) is 17.7 Å². The summed E-state index contributed by atoms with van der Waals surface area (Å²) in [6.07, 6.45) is 8.37. The van der Waals surface area contributed by atoms with Gasteiger partial charge in [-0.3, -0.25) is 0 Å². The fourth-order valence-corrected chi connectivity index (χ4v) is 1.35. The Labute approximate surface area is 83.7 Å². The zero-order valence-corrected chi connectivity index (χ0v) is 7.85. The van der Waals surface area contributed by atoms with Gasteiger partial charge in [-0.25, -0.2) is 4.99 Å². The average molecular weight is 184 g/mol. The predicted octanol–water partition coefficient (Wildman–Crippen LogP) is 2.26. The van der Waals surface area contributed by atoms with E-state index in [4.69, 9.17) is 0 Å². The van der Waals surface area contributed by atoms with E-state index in [1.807, 2.05) is 18.2 Å². The van der Waals surface area contributed by atoms with E-state index in [0.29, 0.717) is 0 Å². The lowest BCUT2D eigenvalue weighted by Gasteiger charge is -2.04. The van der Waals surface area contributed by atoms with Crippen LogP contribution in [0.4, 0.5) is 0 Å². The first-order valence-electron chi connectivity index (χ1n) is 4.63. The Bertz CT molecular complexity index is 375. The molecule has 0 unspecified atom stereocenters. The molecular weight excluding hydrogens is 172 g/mol. The highest BCUT2D eigenvalue weighted by molar-refractivity contribution is 5.59.